The smallest absolute Gasteiger partial charge is 0.251 e. The number of hydrogen-bond donors (Lipinski definition) is 2. The van der Waals surface area contributed by atoms with E-state index in [0.29, 0.717) is 12.1 Å². The molecule has 1 rings (SSSR count). The Balaban J connectivity index is 0.00000121. The summed E-state index contributed by atoms with van der Waals surface area (Å²) in [5.41, 5.74) is 0.480. The molecule has 0 heterocycles. The lowest BCUT2D eigenvalue weighted by atomic mass is 10.2. The lowest BCUT2D eigenvalue weighted by Gasteiger charge is -2.10. The number of likely N-dealkylation sites (N-methyl/N-ethyl adjacent to an activating group) is 1. The molecule has 0 aromatic heterocycles. The van der Waals surface area contributed by atoms with Crippen LogP contribution in [0.25, 0.3) is 0 Å². The van der Waals surface area contributed by atoms with Gasteiger partial charge in [-0.15, -0.1) is 0 Å². The van der Waals surface area contributed by atoms with Crippen LogP contribution in [0.4, 0.5) is 0 Å². The lowest BCUT2D eigenvalue weighted by Crippen LogP contribution is -2.31. The van der Waals surface area contributed by atoms with Gasteiger partial charge in [-0.2, -0.15) is 0 Å². The average Bonchev–Trinajstić information content (AvgIpc) is 2.31. The Morgan fingerprint density at radius 2 is 2.00 bits per heavy atom. The molecule has 96 valence electrons. The Bertz CT molecular complexity index is 338. The normalized spacial score (nSPS) is 9.47. The summed E-state index contributed by atoms with van der Waals surface area (Å²) in [4.78, 5) is 13.5. The van der Waals surface area contributed by atoms with Crippen molar-refractivity contribution in [3.05, 3.63) is 29.8 Å². The van der Waals surface area contributed by atoms with E-state index in [4.69, 9.17) is 0 Å². The first-order chi connectivity index (χ1) is 8.09. The van der Waals surface area contributed by atoms with Gasteiger partial charge in [0.25, 0.3) is 5.91 Å². The van der Waals surface area contributed by atoms with Crippen LogP contribution in [0, 0.1) is 0 Å². The van der Waals surface area contributed by atoms with Gasteiger partial charge in [-0.05, 0) is 32.3 Å². The Kier molecular flexibility index (Phi) is 7.80. The number of carbonyl (C=O) groups excluding carboxylic acids is 1. The van der Waals surface area contributed by atoms with E-state index in [2.05, 4.69) is 5.32 Å². The molecular weight excluding hydrogens is 216 g/mol. The molecule has 2 N–H and O–H groups in total. The molecule has 4 heteroatoms. The van der Waals surface area contributed by atoms with Crippen molar-refractivity contribution in [3.8, 4) is 5.75 Å². The van der Waals surface area contributed by atoms with E-state index in [-0.39, 0.29) is 11.7 Å². The van der Waals surface area contributed by atoms with Crippen molar-refractivity contribution in [2.75, 3.05) is 27.2 Å². The van der Waals surface area contributed by atoms with Gasteiger partial charge in [0, 0.05) is 18.7 Å². The predicted molar refractivity (Wildman–Crippen MR) is 70.3 cm³/mol. The zero-order valence-corrected chi connectivity index (χ0v) is 11.0. The minimum atomic E-state index is -0.159. The highest BCUT2D eigenvalue weighted by molar-refractivity contribution is 5.94. The maximum absolute atomic E-state index is 11.5. The van der Waals surface area contributed by atoms with Crippen molar-refractivity contribution >= 4 is 5.91 Å². The quantitative estimate of drug-likeness (QED) is 0.839. The van der Waals surface area contributed by atoms with Gasteiger partial charge in [0.05, 0.1) is 0 Å². The van der Waals surface area contributed by atoms with Gasteiger partial charge in [0.1, 0.15) is 5.75 Å². The maximum Gasteiger partial charge on any atom is 0.251 e. The molecule has 1 aromatic rings. The molecule has 0 aliphatic heterocycles. The number of phenols is 1. The van der Waals surface area contributed by atoms with E-state index >= 15 is 0 Å². The number of carbonyl (C=O) groups is 1. The number of benzene rings is 1. The summed E-state index contributed by atoms with van der Waals surface area (Å²) in [6, 6.07) is 6.31. The van der Waals surface area contributed by atoms with Gasteiger partial charge >= 0.3 is 0 Å². The van der Waals surface area contributed by atoms with E-state index < -0.39 is 0 Å². The summed E-state index contributed by atoms with van der Waals surface area (Å²) in [5.74, 6) is -0.0528. The monoisotopic (exact) mass is 238 g/mol. The summed E-state index contributed by atoms with van der Waals surface area (Å²) in [6.07, 6.45) is 0. The molecule has 1 amide bonds. The summed E-state index contributed by atoms with van der Waals surface area (Å²) < 4.78 is 0. The number of nitrogens with one attached hydrogen (secondary N) is 1. The number of hydrogen-bond acceptors (Lipinski definition) is 3. The second kappa shape index (κ2) is 8.58. The third-order valence-corrected chi connectivity index (χ3v) is 1.95. The van der Waals surface area contributed by atoms with Crippen LogP contribution in [0.15, 0.2) is 24.3 Å². The predicted octanol–water partition coefficient (Wildman–Crippen LogP) is 1.71. The standard InChI is InChI=1S/C11H16N2O2.C2H6/c1-13(2)7-6-12-11(15)9-4-3-5-10(14)8-9;1-2/h3-5,8,14H,6-7H2,1-2H3,(H,12,15);1-2H3. The van der Waals surface area contributed by atoms with Gasteiger partial charge in [-0.1, -0.05) is 19.9 Å². The molecule has 1 aromatic carbocycles. The number of aromatic hydroxyl groups is 1. The van der Waals surface area contributed by atoms with Gasteiger partial charge in [-0.25, -0.2) is 0 Å². The minimum Gasteiger partial charge on any atom is -0.508 e. The number of phenolic OH excluding ortho intramolecular Hbond substituents is 1. The molecule has 0 aliphatic rings. The number of nitrogens with zero attached hydrogens (tertiary/aromatic N) is 1. The highest BCUT2D eigenvalue weighted by Gasteiger charge is 2.04. The molecule has 0 spiro atoms. The second-order valence-corrected chi connectivity index (χ2v) is 3.61. The first-order valence-electron chi connectivity index (χ1n) is 5.81. The molecule has 4 nitrogen and oxygen atoms in total. The third kappa shape index (κ3) is 6.58. The Labute approximate surface area is 103 Å². The molecule has 0 saturated carbocycles. The molecule has 0 aliphatic carbocycles. The van der Waals surface area contributed by atoms with Gasteiger partial charge < -0.3 is 15.3 Å². The zero-order chi connectivity index (χ0) is 13.3. The molecule has 0 fully saturated rings. The highest BCUT2D eigenvalue weighted by atomic mass is 16.3. The van der Waals surface area contributed by atoms with E-state index in [1.165, 1.54) is 12.1 Å². The SMILES string of the molecule is CC.CN(C)CCNC(=O)c1cccc(O)c1. The van der Waals surface area contributed by atoms with Crippen molar-refractivity contribution < 1.29 is 9.90 Å². The molecule has 17 heavy (non-hydrogen) atoms. The van der Waals surface area contributed by atoms with Crippen LogP contribution in [0.2, 0.25) is 0 Å². The van der Waals surface area contributed by atoms with Crippen molar-refractivity contribution in [2.24, 2.45) is 0 Å². The first-order valence-corrected chi connectivity index (χ1v) is 5.81. The van der Waals surface area contributed by atoms with Crippen molar-refractivity contribution in [1.82, 2.24) is 10.2 Å². The summed E-state index contributed by atoms with van der Waals surface area (Å²) >= 11 is 0. The highest BCUT2D eigenvalue weighted by Crippen LogP contribution is 2.10. The molecular formula is C13H22N2O2. The Morgan fingerprint density at radius 3 is 2.53 bits per heavy atom. The lowest BCUT2D eigenvalue weighted by molar-refractivity contribution is 0.0950. The number of amides is 1. The Morgan fingerprint density at radius 1 is 1.35 bits per heavy atom. The number of rotatable bonds is 4. The molecule has 0 saturated heterocycles. The van der Waals surface area contributed by atoms with E-state index in [0.717, 1.165) is 6.54 Å². The fourth-order valence-electron chi connectivity index (χ4n) is 1.14. The second-order valence-electron chi connectivity index (χ2n) is 3.61. The summed E-state index contributed by atoms with van der Waals surface area (Å²) in [5, 5.41) is 12.0. The molecule has 0 atom stereocenters. The largest absolute Gasteiger partial charge is 0.508 e. The van der Waals surface area contributed by atoms with Crippen molar-refractivity contribution in [2.45, 2.75) is 13.8 Å². The van der Waals surface area contributed by atoms with Crippen molar-refractivity contribution in [1.29, 1.82) is 0 Å². The van der Waals surface area contributed by atoms with Crippen molar-refractivity contribution in [3.63, 3.8) is 0 Å². The van der Waals surface area contributed by atoms with E-state index in [1.54, 1.807) is 12.1 Å². The Hall–Kier alpha value is -1.55. The van der Waals surface area contributed by atoms with Crippen LogP contribution in [0.3, 0.4) is 0 Å². The van der Waals surface area contributed by atoms with Crippen LogP contribution in [-0.4, -0.2) is 43.1 Å². The molecule has 0 radical (unpaired) electrons. The van der Waals surface area contributed by atoms with Crippen LogP contribution in [0.5, 0.6) is 5.75 Å². The zero-order valence-electron chi connectivity index (χ0n) is 11.0. The van der Waals surface area contributed by atoms with Crippen LogP contribution >= 0.6 is 0 Å². The topological polar surface area (TPSA) is 52.6 Å². The maximum atomic E-state index is 11.5. The summed E-state index contributed by atoms with van der Waals surface area (Å²) in [6.45, 7) is 5.39. The molecule has 0 bridgehead atoms. The first kappa shape index (κ1) is 15.4. The van der Waals surface area contributed by atoms with Crippen LogP contribution in [-0.2, 0) is 0 Å². The van der Waals surface area contributed by atoms with E-state index in [9.17, 15) is 9.90 Å². The molecule has 0 unspecified atom stereocenters. The fourth-order valence-corrected chi connectivity index (χ4v) is 1.14. The third-order valence-electron chi connectivity index (χ3n) is 1.95. The van der Waals surface area contributed by atoms with Gasteiger partial charge in [-0.3, -0.25) is 4.79 Å². The van der Waals surface area contributed by atoms with Crippen LogP contribution in [0.1, 0.15) is 24.2 Å². The summed E-state index contributed by atoms with van der Waals surface area (Å²) in [7, 11) is 3.89. The average molecular weight is 238 g/mol. The van der Waals surface area contributed by atoms with E-state index in [1.807, 2.05) is 32.8 Å². The fraction of sp³-hybridized carbons (Fsp3) is 0.462. The minimum absolute atomic E-state index is 0.107. The van der Waals surface area contributed by atoms with Gasteiger partial charge in [0.2, 0.25) is 0 Å². The van der Waals surface area contributed by atoms with Gasteiger partial charge in [0.15, 0.2) is 0 Å². The van der Waals surface area contributed by atoms with Crippen LogP contribution < -0.4 is 5.32 Å².